The van der Waals surface area contributed by atoms with Gasteiger partial charge >= 0.3 is 12.2 Å². The number of fused-ring (bicyclic) bond motifs is 1. The van der Waals surface area contributed by atoms with Crippen LogP contribution in [-0.2, 0) is 17.5 Å². The van der Waals surface area contributed by atoms with Crippen molar-refractivity contribution in [1.82, 2.24) is 14.6 Å². The smallest absolute Gasteiger partial charge is 0.382 e. The second-order valence-corrected chi connectivity index (χ2v) is 7.50. The molecule has 13 heteroatoms. The van der Waals surface area contributed by atoms with Crippen molar-refractivity contribution in [2.75, 3.05) is 23.5 Å². The molecule has 4 aromatic rings. The SMILES string of the molecule is COCc1c(-c2ccc(NC(=O)Nc3cc(C(F)(F)F)ccc3F)cc2)c2c(N)ncnn2c1C#N. The van der Waals surface area contributed by atoms with Crippen molar-refractivity contribution in [3.8, 4) is 17.2 Å². The van der Waals surface area contributed by atoms with E-state index in [2.05, 4.69) is 26.8 Å². The van der Waals surface area contributed by atoms with E-state index in [0.29, 0.717) is 40.4 Å². The number of alkyl halides is 3. The van der Waals surface area contributed by atoms with E-state index in [1.54, 1.807) is 12.1 Å². The van der Waals surface area contributed by atoms with Crippen molar-refractivity contribution < 1.29 is 27.1 Å². The molecule has 0 aliphatic rings. The number of aromatic nitrogens is 3. The van der Waals surface area contributed by atoms with Crippen LogP contribution >= 0.6 is 0 Å². The molecule has 36 heavy (non-hydrogen) atoms. The van der Waals surface area contributed by atoms with Crippen molar-refractivity contribution >= 4 is 28.7 Å². The van der Waals surface area contributed by atoms with Crippen LogP contribution in [0.4, 0.5) is 39.5 Å². The Balaban J connectivity index is 1.62. The molecule has 0 unspecified atom stereocenters. The minimum atomic E-state index is -4.69. The summed E-state index contributed by atoms with van der Waals surface area (Å²) in [6.45, 7) is 0.0893. The summed E-state index contributed by atoms with van der Waals surface area (Å²) >= 11 is 0. The molecule has 4 rings (SSSR count). The zero-order chi connectivity index (χ0) is 26.0. The third kappa shape index (κ3) is 4.62. The number of rotatable bonds is 5. The molecule has 0 atom stereocenters. The normalized spacial score (nSPS) is 11.3. The highest BCUT2D eigenvalue weighted by molar-refractivity contribution is 6.00. The quantitative estimate of drug-likeness (QED) is 0.338. The summed E-state index contributed by atoms with van der Waals surface area (Å²) in [5, 5.41) is 18.3. The average Bonchev–Trinajstić information content (AvgIpc) is 3.15. The molecule has 184 valence electrons. The fourth-order valence-electron chi connectivity index (χ4n) is 3.67. The third-order valence-electron chi connectivity index (χ3n) is 5.22. The number of nitrogens with zero attached hydrogens (tertiary/aromatic N) is 4. The van der Waals surface area contributed by atoms with E-state index in [1.807, 2.05) is 0 Å². The molecule has 0 radical (unpaired) electrons. The van der Waals surface area contributed by atoms with E-state index in [-0.39, 0.29) is 23.8 Å². The van der Waals surface area contributed by atoms with Crippen LogP contribution in [0.3, 0.4) is 0 Å². The number of anilines is 3. The number of hydrogen-bond acceptors (Lipinski definition) is 6. The molecule has 0 saturated heterocycles. The molecule has 2 aromatic carbocycles. The Morgan fingerprint density at radius 2 is 1.92 bits per heavy atom. The molecular formula is C23H17F4N7O2. The summed E-state index contributed by atoms with van der Waals surface area (Å²) < 4.78 is 59.2. The van der Waals surface area contributed by atoms with Crippen LogP contribution in [0.5, 0.6) is 0 Å². The number of nitrogen functional groups attached to an aromatic ring is 1. The summed E-state index contributed by atoms with van der Waals surface area (Å²) in [5.41, 5.74) is 6.93. The standard InChI is InChI=1S/C23H17F4N7O2/c1-36-10-15-18(9-28)34-20(21(29)30-11-31-34)19(15)12-2-5-14(6-3-12)32-22(35)33-17-8-13(23(25,26)27)4-7-16(17)24/h2-8,11H,10H2,1H3,(H2,29,30,31)(H2,32,33,35). The summed E-state index contributed by atoms with van der Waals surface area (Å²) in [7, 11) is 1.47. The lowest BCUT2D eigenvalue weighted by Crippen LogP contribution is -2.20. The van der Waals surface area contributed by atoms with Gasteiger partial charge < -0.3 is 21.1 Å². The van der Waals surface area contributed by atoms with Gasteiger partial charge in [0.25, 0.3) is 0 Å². The minimum absolute atomic E-state index is 0.0893. The van der Waals surface area contributed by atoms with Gasteiger partial charge in [0, 0.05) is 23.9 Å². The van der Waals surface area contributed by atoms with E-state index in [4.69, 9.17) is 10.5 Å². The van der Waals surface area contributed by atoms with Crippen molar-refractivity contribution in [1.29, 1.82) is 5.26 Å². The van der Waals surface area contributed by atoms with Gasteiger partial charge in [-0.3, -0.25) is 0 Å². The molecule has 0 fully saturated rings. The first-order valence-electron chi connectivity index (χ1n) is 10.2. The number of carbonyl (C=O) groups excluding carboxylic acids is 1. The Labute approximate surface area is 201 Å². The topological polar surface area (TPSA) is 130 Å². The van der Waals surface area contributed by atoms with Crippen LogP contribution in [0.15, 0.2) is 48.8 Å². The fourth-order valence-corrected chi connectivity index (χ4v) is 3.67. The lowest BCUT2D eigenvalue weighted by Gasteiger charge is -2.12. The largest absolute Gasteiger partial charge is 0.416 e. The van der Waals surface area contributed by atoms with Gasteiger partial charge in [-0.2, -0.15) is 23.5 Å². The van der Waals surface area contributed by atoms with Gasteiger partial charge in [0.1, 0.15) is 29.4 Å². The predicted molar refractivity (Wildman–Crippen MR) is 122 cm³/mol. The van der Waals surface area contributed by atoms with Gasteiger partial charge in [0.15, 0.2) is 5.82 Å². The number of benzene rings is 2. The maximum absolute atomic E-state index is 13.9. The number of carbonyl (C=O) groups is 1. The van der Waals surface area contributed by atoms with Crippen molar-refractivity contribution in [2.45, 2.75) is 12.8 Å². The first kappa shape index (κ1) is 24.4. The highest BCUT2D eigenvalue weighted by atomic mass is 19.4. The van der Waals surface area contributed by atoms with Crippen LogP contribution in [0.1, 0.15) is 16.8 Å². The molecule has 2 aromatic heterocycles. The van der Waals surface area contributed by atoms with E-state index in [9.17, 15) is 27.6 Å². The summed E-state index contributed by atoms with van der Waals surface area (Å²) in [4.78, 5) is 16.3. The Morgan fingerprint density at radius 1 is 1.19 bits per heavy atom. The second kappa shape index (κ2) is 9.51. The lowest BCUT2D eigenvalue weighted by molar-refractivity contribution is -0.137. The number of halogens is 4. The van der Waals surface area contributed by atoms with E-state index in [0.717, 1.165) is 0 Å². The summed E-state index contributed by atoms with van der Waals surface area (Å²) in [6, 6.07) is 9.14. The first-order chi connectivity index (χ1) is 17.1. The van der Waals surface area contributed by atoms with Gasteiger partial charge in [0.05, 0.1) is 17.9 Å². The molecule has 0 aliphatic heterocycles. The number of urea groups is 1. The third-order valence-corrected chi connectivity index (χ3v) is 5.22. The van der Waals surface area contributed by atoms with Gasteiger partial charge in [-0.15, -0.1) is 0 Å². The molecule has 0 bridgehead atoms. The molecule has 2 amide bonds. The number of hydrogen-bond donors (Lipinski definition) is 3. The molecule has 0 saturated carbocycles. The van der Waals surface area contributed by atoms with Crippen molar-refractivity contribution in [2.24, 2.45) is 0 Å². The Hall–Kier alpha value is -4.70. The number of methoxy groups -OCH3 is 1. The Kier molecular flexibility index (Phi) is 6.45. The predicted octanol–water partition coefficient (Wildman–Crippen LogP) is 4.80. The number of nitriles is 1. The average molecular weight is 499 g/mol. The highest BCUT2D eigenvalue weighted by Crippen LogP contribution is 2.36. The summed E-state index contributed by atoms with van der Waals surface area (Å²) in [5.74, 6) is -0.878. The minimum Gasteiger partial charge on any atom is -0.382 e. The van der Waals surface area contributed by atoms with E-state index >= 15 is 0 Å². The number of amides is 2. The summed E-state index contributed by atoms with van der Waals surface area (Å²) in [6.07, 6.45) is -3.47. The van der Waals surface area contributed by atoms with Gasteiger partial charge in [-0.1, -0.05) is 12.1 Å². The molecular weight excluding hydrogens is 482 g/mol. The molecule has 2 heterocycles. The zero-order valence-corrected chi connectivity index (χ0v) is 18.5. The first-order valence-corrected chi connectivity index (χ1v) is 10.2. The van der Waals surface area contributed by atoms with Crippen LogP contribution in [-0.4, -0.2) is 27.7 Å². The monoisotopic (exact) mass is 499 g/mol. The molecule has 9 nitrogen and oxygen atoms in total. The van der Waals surface area contributed by atoms with Crippen LogP contribution < -0.4 is 16.4 Å². The highest BCUT2D eigenvalue weighted by Gasteiger charge is 2.31. The molecule has 4 N–H and O–H groups in total. The molecule has 0 spiro atoms. The zero-order valence-electron chi connectivity index (χ0n) is 18.5. The van der Waals surface area contributed by atoms with Crippen LogP contribution in [0.25, 0.3) is 16.6 Å². The Bertz CT molecular complexity index is 1490. The number of ether oxygens (including phenoxy) is 1. The van der Waals surface area contributed by atoms with Crippen molar-refractivity contribution in [3.05, 3.63) is 71.4 Å². The Morgan fingerprint density at radius 3 is 2.56 bits per heavy atom. The maximum Gasteiger partial charge on any atom is 0.416 e. The molecule has 0 aliphatic carbocycles. The van der Waals surface area contributed by atoms with Gasteiger partial charge in [-0.25, -0.2) is 18.7 Å². The number of nitrogens with two attached hydrogens (primary N) is 1. The number of nitrogens with one attached hydrogen (secondary N) is 2. The van der Waals surface area contributed by atoms with Gasteiger partial charge in [0.2, 0.25) is 0 Å². The maximum atomic E-state index is 13.9. The lowest BCUT2D eigenvalue weighted by atomic mass is 10.0. The van der Waals surface area contributed by atoms with Crippen molar-refractivity contribution in [3.63, 3.8) is 0 Å². The van der Waals surface area contributed by atoms with Crippen LogP contribution in [0, 0.1) is 17.1 Å². The second-order valence-electron chi connectivity index (χ2n) is 7.50. The van der Waals surface area contributed by atoms with Gasteiger partial charge in [-0.05, 0) is 35.9 Å². The van der Waals surface area contributed by atoms with E-state index in [1.165, 1.54) is 30.1 Å². The van der Waals surface area contributed by atoms with Crippen LogP contribution in [0.2, 0.25) is 0 Å². The fraction of sp³-hybridized carbons (Fsp3) is 0.130. The van der Waals surface area contributed by atoms with E-state index < -0.39 is 29.3 Å².